The van der Waals surface area contributed by atoms with Crippen molar-refractivity contribution >= 4 is 6.03 Å². The van der Waals surface area contributed by atoms with E-state index >= 15 is 0 Å². The zero-order chi connectivity index (χ0) is 16.8. The van der Waals surface area contributed by atoms with E-state index in [1.165, 1.54) is 12.8 Å². The van der Waals surface area contributed by atoms with Gasteiger partial charge >= 0.3 is 6.03 Å². The zero-order valence-corrected chi connectivity index (χ0v) is 15.0. The second-order valence-electron chi connectivity index (χ2n) is 7.91. The molecule has 0 spiro atoms. The molecule has 5 nitrogen and oxygen atoms in total. The summed E-state index contributed by atoms with van der Waals surface area (Å²) in [4.78, 5) is 14.2. The maximum Gasteiger partial charge on any atom is 0.315 e. The van der Waals surface area contributed by atoms with E-state index in [1.807, 2.05) is 21.0 Å². The van der Waals surface area contributed by atoms with Crippen molar-refractivity contribution in [2.24, 2.45) is 5.41 Å². The second kappa shape index (κ2) is 8.16. The first kappa shape index (κ1) is 19.2. The van der Waals surface area contributed by atoms with Gasteiger partial charge in [-0.05, 0) is 39.3 Å². The lowest BCUT2D eigenvalue weighted by Crippen LogP contribution is -2.52. The van der Waals surface area contributed by atoms with E-state index in [2.05, 4.69) is 29.4 Å². The van der Waals surface area contributed by atoms with Crippen LogP contribution in [-0.4, -0.2) is 54.9 Å². The van der Waals surface area contributed by atoms with Crippen LogP contribution in [0.15, 0.2) is 0 Å². The molecule has 1 atom stereocenters. The van der Waals surface area contributed by atoms with E-state index < -0.39 is 5.60 Å². The number of nitrogens with one attached hydrogen (secondary N) is 2. The number of nitrogens with zero attached hydrogens (tertiary/aromatic N) is 1. The molecule has 1 unspecified atom stereocenters. The Balaban J connectivity index is 2.42. The van der Waals surface area contributed by atoms with Gasteiger partial charge in [0.2, 0.25) is 0 Å². The Bertz CT molecular complexity index is 348. The fraction of sp³-hybridized carbons (Fsp3) is 0.941. The van der Waals surface area contributed by atoms with Crippen molar-refractivity contribution in [3.05, 3.63) is 0 Å². The van der Waals surface area contributed by atoms with E-state index in [1.54, 1.807) is 0 Å². The van der Waals surface area contributed by atoms with Crippen LogP contribution in [0.4, 0.5) is 4.79 Å². The maximum atomic E-state index is 12.1. The van der Waals surface area contributed by atoms with Crippen molar-refractivity contribution in [2.75, 3.05) is 27.2 Å². The van der Waals surface area contributed by atoms with Crippen molar-refractivity contribution in [2.45, 2.75) is 70.9 Å². The van der Waals surface area contributed by atoms with Crippen LogP contribution in [-0.2, 0) is 0 Å². The van der Waals surface area contributed by atoms with Gasteiger partial charge < -0.3 is 20.6 Å². The Hall–Kier alpha value is -0.810. The van der Waals surface area contributed by atoms with Crippen molar-refractivity contribution in [1.82, 2.24) is 15.5 Å². The number of amides is 2. The minimum Gasteiger partial charge on any atom is -0.388 e. The van der Waals surface area contributed by atoms with Gasteiger partial charge in [-0.1, -0.05) is 39.5 Å². The molecule has 22 heavy (non-hydrogen) atoms. The van der Waals surface area contributed by atoms with Gasteiger partial charge in [0.1, 0.15) is 0 Å². The van der Waals surface area contributed by atoms with Crippen LogP contribution in [0.2, 0.25) is 0 Å². The Kier molecular flexibility index (Phi) is 7.13. The quantitative estimate of drug-likeness (QED) is 0.660. The normalized spacial score (nSPS) is 20.3. The molecule has 0 radical (unpaired) electrons. The van der Waals surface area contributed by atoms with Gasteiger partial charge in [-0.15, -0.1) is 0 Å². The molecule has 5 heteroatoms. The molecule has 0 bridgehead atoms. The summed E-state index contributed by atoms with van der Waals surface area (Å²) in [5, 5.41) is 16.4. The average molecular weight is 313 g/mol. The van der Waals surface area contributed by atoms with E-state index in [9.17, 15) is 9.90 Å². The molecule has 0 aromatic carbocycles. The molecule has 3 N–H and O–H groups in total. The minimum atomic E-state index is -0.726. The fourth-order valence-corrected chi connectivity index (χ4v) is 3.20. The van der Waals surface area contributed by atoms with E-state index in [4.69, 9.17) is 0 Å². The van der Waals surface area contributed by atoms with Crippen LogP contribution in [0.25, 0.3) is 0 Å². The molecule has 1 aliphatic carbocycles. The van der Waals surface area contributed by atoms with E-state index in [-0.39, 0.29) is 17.5 Å². The van der Waals surface area contributed by atoms with E-state index in [0.717, 1.165) is 32.2 Å². The Morgan fingerprint density at radius 1 is 1.23 bits per heavy atom. The summed E-state index contributed by atoms with van der Waals surface area (Å²) >= 11 is 0. The largest absolute Gasteiger partial charge is 0.388 e. The van der Waals surface area contributed by atoms with Crippen LogP contribution in [0.3, 0.4) is 0 Å². The third kappa shape index (κ3) is 6.53. The van der Waals surface area contributed by atoms with Crippen LogP contribution in [0, 0.1) is 5.41 Å². The highest BCUT2D eigenvalue weighted by molar-refractivity contribution is 5.74. The Morgan fingerprint density at radius 3 is 2.27 bits per heavy atom. The topological polar surface area (TPSA) is 64.6 Å². The highest BCUT2D eigenvalue weighted by Crippen LogP contribution is 2.26. The summed E-state index contributed by atoms with van der Waals surface area (Å²) in [6.07, 6.45) is 6.04. The highest BCUT2D eigenvalue weighted by atomic mass is 16.3. The molecule has 0 aromatic heterocycles. The van der Waals surface area contributed by atoms with Gasteiger partial charge in [-0.2, -0.15) is 0 Å². The first-order chi connectivity index (χ1) is 10.1. The van der Waals surface area contributed by atoms with E-state index in [0.29, 0.717) is 6.54 Å². The Labute approximate surface area is 135 Å². The predicted molar refractivity (Wildman–Crippen MR) is 91.0 cm³/mol. The molecule has 2 amide bonds. The van der Waals surface area contributed by atoms with Gasteiger partial charge in [0, 0.05) is 19.1 Å². The molecule has 1 fully saturated rings. The molecule has 130 valence electrons. The van der Waals surface area contributed by atoms with Gasteiger partial charge in [0.15, 0.2) is 0 Å². The SMILES string of the molecule is CC(NC(=O)NCC1(O)CCCCCC1)C(C)(C)CN(C)C. The molecule has 1 rings (SSSR count). The molecular weight excluding hydrogens is 278 g/mol. The molecule has 0 aromatic rings. The smallest absolute Gasteiger partial charge is 0.315 e. The maximum absolute atomic E-state index is 12.1. The van der Waals surface area contributed by atoms with Crippen LogP contribution < -0.4 is 10.6 Å². The van der Waals surface area contributed by atoms with Crippen LogP contribution >= 0.6 is 0 Å². The second-order valence-corrected chi connectivity index (χ2v) is 7.91. The van der Waals surface area contributed by atoms with Crippen molar-refractivity contribution in [3.63, 3.8) is 0 Å². The fourth-order valence-electron chi connectivity index (χ4n) is 3.20. The lowest BCUT2D eigenvalue weighted by Gasteiger charge is -2.35. The summed E-state index contributed by atoms with van der Waals surface area (Å²) < 4.78 is 0. The van der Waals surface area contributed by atoms with Crippen molar-refractivity contribution in [1.29, 1.82) is 0 Å². The van der Waals surface area contributed by atoms with Gasteiger partial charge in [-0.25, -0.2) is 4.79 Å². The summed E-state index contributed by atoms with van der Waals surface area (Å²) in [5.41, 5.74) is -0.740. The first-order valence-electron chi connectivity index (χ1n) is 8.56. The number of aliphatic hydroxyl groups is 1. The molecule has 1 aliphatic rings. The van der Waals surface area contributed by atoms with Gasteiger partial charge in [-0.3, -0.25) is 0 Å². The van der Waals surface area contributed by atoms with Crippen LogP contribution in [0.1, 0.15) is 59.3 Å². The van der Waals surface area contributed by atoms with Crippen LogP contribution in [0.5, 0.6) is 0 Å². The molecule has 0 saturated heterocycles. The molecule has 1 saturated carbocycles. The predicted octanol–water partition coefficient (Wildman–Crippen LogP) is 2.35. The third-order valence-corrected chi connectivity index (χ3v) is 4.86. The summed E-state index contributed by atoms with van der Waals surface area (Å²) in [6.45, 7) is 7.58. The molecule has 0 heterocycles. The molecule has 0 aliphatic heterocycles. The third-order valence-electron chi connectivity index (χ3n) is 4.86. The number of hydrogen-bond donors (Lipinski definition) is 3. The summed E-state index contributed by atoms with van der Waals surface area (Å²) in [6, 6.07) is -0.129. The number of carbonyl (C=O) groups excluding carboxylic acids is 1. The minimum absolute atomic E-state index is 0.0138. The van der Waals surface area contributed by atoms with Gasteiger partial charge in [0.25, 0.3) is 0 Å². The van der Waals surface area contributed by atoms with Gasteiger partial charge in [0.05, 0.1) is 5.60 Å². The number of carbonyl (C=O) groups is 1. The lowest BCUT2D eigenvalue weighted by molar-refractivity contribution is 0.0274. The average Bonchev–Trinajstić information content (AvgIpc) is 2.60. The number of urea groups is 1. The summed E-state index contributed by atoms with van der Waals surface area (Å²) in [7, 11) is 4.08. The Morgan fingerprint density at radius 2 is 1.77 bits per heavy atom. The molecular formula is C17H35N3O2. The standard InChI is InChI=1S/C17H35N3O2/c1-14(16(2,3)13-20(4)5)19-15(21)18-12-17(22)10-8-6-7-9-11-17/h14,22H,6-13H2,1-5H3,(H2,18,19,21). The lowest BCUT2D eigenvalue weighted by atomic mass is 9.85. The number of rotatable bonds is 6. The highest BCUT2D eigenvalue weighted by Gasteiger charge is 2.30. The van der Waals surface area contributed by atoms with Crippen molar-refractivity contribution in [3.8, 4) is 0 Å². The monoisotopic (exact) mass is 313 g/mol. The summed E-state index contributed by atoms with van der Waals surface area (Å²) in [5.74, 6) is 0. The van der Waals surface area contributed by atoms with Crippen molar-refractivity contribution < 1.29 is 9.90 Å². The number of hydrogen-bond acceptors (Lipinski definition) is 3. The zero-order valence-electron chi connectivity index (χ0n) is 15.0. The first-order valence-corrected chi connectivity index (χ1v) is 8.56.